The molecule has 0 aliphatic carbocycles. The molecule has 3 aliphatic heterocycles. The molecule has 8 nitrogen and oxygen atoms in total. The number of aliphatic hydroxyl groups is 1. The van der Waals surface area contributed by atoms with Crippen molar-refractivity contribution in [1.82, 2.24) is 9.80 Å². The average Bonchev–Trinajstić information content (AvgIpc) is 3.47. The molecule has 214 valence electrons. The van der Waals surface area contributed by atoms with Gasteiger partial charge in [0.05, 0.1) is 25.0 Å². The van der Waals surface area contributed by atoms with E-state index in [0.29, 0.717) is 18.8 Å². The summed E-state index contributed by atoms with van der Waals surface area (Å²) in [6, 6.07) is 25.7. The van der Waals surface area contributed by atoms with Crippen LogP contribution in [-0.2, 0) is 16.1 Å². The molecule has 2 saturated heterocycles. The highest BCUT2D eigenvalue weighted by atomic mass is 32.2. The first-order valence-corrected chi connectivity index (χ1v) is 15.1. The number of esters is 1. The topological polar surface area (TPSA) is 76.6 Å². The Balaban J connectivity index is 1.13. The second-order valence-electron chi connectivity index (χ2n) is 10.9. The van der Waals surface area contributed by atoms with E-state index in [0.717, 1.165) is 67.3 Å². The zero-order valence-electron chi connectivity index (χ0n) is 23.3. The van der Waals surface area contributed by atoms with Crippen molar-refractivity contribution in [2.45, 2.75) is 41.8 Å². The van der Waals surface area contributed by atoms with Gasteiger partial charge in [0.15, 0.2) is 5.56 Å². The fraction of sp³-hybridized carbons (Fsp3) is 0.375. The number of hydrogen-bond acceptors (Lipinski definition) is 8. The van der Waals surface area contributed by atoms with Crippen LogP contribution in [-0.4, -0.2) is 77.8 Å². The molecule has 3 heterocycles. The summed E-state index contributed by atoms with van der Waals surface area (Å²) in [5, 5.41) is 10.5. The SMILES string of the molecule is COC(=O)c1cccc(CN2CN(c3ccccc3)C3(CCN(CCCN4c5ccccc5SC4O)CC3)C2=O)c1. The molecule has 6 rings (SSSR count). The van der Waals surface area contributed by atoms with E-state index in [-0.39, 0.29) is 11.9 Å². The van der Waals surface area contributed by atoms with E-state index in [2.05, 4.69) is 39.0 Å². The van der Waals surface area contributed by atoms with Gasteiger partial charge in [0, 0.05) is 36.8 Å². The number of methoxy groups -OCH3 is 1. The lowest BCUT2D eigenvalue weighted by Gasteiger charge is -2.43. The third kappa shape index (κ3) is 5.41. The minimum absolute atomic E-state index is 0.151. The molecule has 1 unspecified atom stereocenters. The van der Waals surface area contributed by atoms with Crippen molar-refractivity contribution in [2.75, 3.05) is 49.8 Å². The number of anilines is 2. The maximum absolute atomic E-state index is 14.1. The van der Waals surface area contributed by atoms with Gasteiger partial charge >= 0.3 is 5.97 Å². The zero-order chi connectivity index (χ0) is 28.4. The van der Waals surface area contributed by atoms with Crippen LogP contribution in [0.3, 0.4) is 0 Å². The van der Waals surface area contributed by atoms with Crippen molar-refractivity contribution < 1.29 is 19.4 Å². The van der Waals surface area contributed by atoms with Crippen LogP contribution in [0.4, 0.5) is 11.4 Å². The fourth-order valence-electron chi connectivity index (χ4n) is 6.39. The Bertz CT molecular complexity index is 1400. The third-order valence-corrected chi connectivity index (χ3v) is 9.60. The summed E-state index contributed by atoms with van der Waals surface area (Å²) in [5.41, 5.74) is 2.44. The van der Waals surface area contributed by atoms with Gasteiger partial charge in [-0.2, -0.15) is 0 Å². The summed E-state index contributed by atoms with van der Waals surface area (Å²) in [7, 11) is 1.38. The highest BCUT2D eigenvalue weighted by molar-refractivity contribution is 8.00. The average molecular weight is 573 g/mol. The Morgan fingerprint density at radius 1 is 1.00 bits per heavy atom. The fourth-order valence-corrected chi connectivity index (χ4v) is 7.43. The van der Waals surface area contributed by atoms with Crippen molar-refractivity contribution in [3.8, 4) is 0 Å². The first kappa shape index (κ1) is 27.6. The molecule has 0 bridgehead atoms. The van der Waals surface area contributed by atoms with Crippen LogP contribution in [0.25, 0.3) is 0 Å². The van der Waals surface area contributed by atoms with Gasteiger partial charge < -0.3 is 29.4 Å². The van der Waals surface area contributed by atoms with Crippen LogP contribution < -0.4 is 9.80 Å². The van der Waals surface area contributed by atoms with Crippen LogP contribution in [0.2, 0.25) is 0 Å². The van der Waals surface area contributed by atoms with Crippen LogP contribution in [0.1, 0.15) is 35.2 Å². The molecule has 3 aromatic rings. The van der Waals surface area contributed by atoms with E-state index in [1.165, 1.54) is 18.9 Å². The zero-order valence-corrected chi connectivity index (χ0v) is 24.1. The monoisotopic (exact) mass is 572 g/mol. The minimum atomic E-state index is -0.585. The maximum Gasteiger partial charge on any atom is 0.337 e. The molecule has 0 saturated carbocycles. The molecule has 0 aromatic heterocycles. The number of thioether (sulfide) groups is 1. The van der Waals surface area contributed by atoms with Gasteiger partial charge in [-0.3, -0.25) is 4.79 Å². The van der Waals surface area contributed by atoms with E-state index < -0.39 is 11.1 Å². The number of likely N-dealkylation sites (tertiary alicyclic amines) is 1. The second-order valence-corrected chi connectivity index (χ2v) is 12.0. The molecule has 1 spiro atoms. The number of fused-ring (bicyclic) bond motifs is 1. The van der Waals surface area contributed by atoms with Crippen molar-refractivity contribution in [2.24, 2.45) is 0 Å². The number of ether oxygens (including phenoxy) is 1. The Kier molecular flexibility index (Phi) is 7.92. The van der Waals surface area contributed by atoms with E-state index in [4.69, 9.17) is 4.74 Å². The number of carbonyl (C=O) groups excluding carboxylic acids is 2. The van der Waals surface area contributed by atoms with Gasteiger partial charge in [-0.05, 0) is 67.8 Å². The molecule has 0 radical (unpaired) electrons. The molecule has 3 aliphatic rings. The summed E-state index contributed by atoms with van der Waals surface area (Å²) in [5.74, 6) is -0.227. The quantitative estimate of drug-likeness (QED) is 0.399. The largest absolute Gasteiger partial charge is 0.465 e. The van der Waals surface area contributed by atoms with Crippen LogP contribution in [0.15, 0.2) is 83.8 Å². The molecule has 2 fully saturated rings. The second kappa shape index (κ2) is 11.8. The lowest BCUT2D eigenvalue weighted by atomic mass is 9.85. The molecule has 3 aromatic carbocycles. The number of benzene rings is 3. The van der Waals surface area contributed by atoms with E-state index in [9.17, 15) is 14.7 Å². The number of para-hydroxylation sites is 2. The molecule has 1 N–H and O–H groups in total. The van der Waals surface area contributed by atoms with Crippen molar-refractivity contribution in [1.29, 1.82) is 0 Å². The number of nitrogens with zero attached hydrogens (tertiary/aromatic N) is 4. The first-order chi connectivity index (χ1) is 20.0. The minimum Gasteiger partial charge on any atom is -0.465 e. The first-order valence-electron chi connectivity index (χ1n) is 14.2. The predicted molar refractivity (Wildman–Crippen MR) is 161 cm³/mol. The van der Waals surface area contributed by atoms with Crippen LogP contribution in [0, 0.1) is 0 Å². The van der Waals surface area contributed by atoms with E-state index in [1.54, 1.807) is 6.07 Å². The summed E-state index contributed by atoms with van der Waals surface area (Å²) in [4.78, 5) is 36.1. The van der Waals surface area contributed by atoms with Crippen molar-refractivity contribution >= 4 is 35.0 Å². The summed E-state index contributed by atoms with van der Waals surface area (Å²) in [6.45, 7) is 4.35. The molecule has 9 heteroatoms. The Hall–Kier alpha value is -3.53. The smallest absolute Gasteiger partial charge is 0.337 e. The molecular formula is C32H36N4O4S. The number of rotatable bonds is 8. The van der Waals surface area contributed by atoms with Gasteiger partial charge in [-0.25, -0.2) is 4.79 Å². The number of aliphatic hydroxyl groups excluding tert-OH is 1. The standard InChI is InChI=1S/C32H36N4O4S/c1-40-29(37)25-10-7-9-24(21-25)22-34-23-36(26-11-3-2-4-12-26)32(30(34)38)15-19-33(20-16-32)17-8-18-35-27-13-5-6-14-28(27)41-31(35)39/h2-7,9-14,21,31,39H,8,15-20,22-23H2,1H3. The Labute approximate surface area is 245 Å². The van der Waals surface area contributed by atoms with Gasteiger partial charge in [0.1, 0.15) is 5.54 Å². The number of amides is 1. The third-order valence-electron chi connectivity index (χ3n) is 8.53. The number of hydrogen-bond donors (Lipinski definition) is 1. The Morgan fingerprint density at radius 2 is 1.76 bits per heavy atom. The highest BCUT2D eigenvalue weighted by Gasteiger charge is 2.53. The lowest BCUT2D eigenvalue weighted by Crippen LogP contribution is -2.56. The number of piperidine rings is 1. The maximum atomic E-state index is 14.1. The summed E-state index contributed by atoms with van der Waals surface area (Å²) < 4.78 is 4.89. The van der Waals surface area contributed by atoms with Crippen molar-refractivity contribution in [3.05, 3.63) is 90.0 Å². The van der Waals surface area contributed by atoms with Gasteiger partial charge in [-0.15, -0.1) is 0 Å². The predicted octanol–water partition coefficient (Wildman–Crippen LogP) is 4.39. The highest BCUT2D eigenvalue weighted by Crippen LogP contribution is 2.42. The molecule has 1 atom stereocenters. The van der Waals surface area contributed by atoms with Gasteiger partial charge in [0.25, 0.3) is 0 Å². The molecule has 41 heavy (non-hydrogen) atoms. The van der Waals surface area contributed by atoms with Gasteiger partial charge in [-0.1, -0.05) is 54.2 Å². The molecule has 1 amide bonds. The lowest BCUT2D eigenvalue weighted by molar-refractivity contribution is -0.134. The van der Waals surface area contributed by atoms with Crippen LogP contribution >= 0.6 is 11.8 Å². The number of carbonyl (C=O) groups is 2. The van der Waals surface area contributed by atoms with E-state index >= 15 is 0 Å². The van der Waals surface area contributed by atoms with Crippen molar-refractivity contribution in [3.63, 3.8) is 0 Å². The normalized spacial score (nSPS) is 20.1. The van der Waals surface area contributed by atoms with Gasteiger partial charge in [0.2, 0.25) is 5.91 Å². The van der Waals surface area contributed by atoms with E-state index in [1.807, 2.05) is 53.4 Å². The molecular weight excluding hydrogens is 536 g/mol. The van der Waals surface area contributed by atoms with Crippen LogP contribution in [0.5, 0.6) is 0 Å². The summed E-state index contributed by atoms with van der Waals surface area (Å²) >= 11 is 1.50. The Morgan fingerprint density at radius 3 is 2.54 bits per heavy atom. The summed E-state index contributed by atoms with van der Waals surface area (Å²) in [6.07, 6.45) is 2.45.